The van der Waals surface area contributed by atoms with Gasteiger partial charge in [-0.25, -0.2) is 4.79 Å². The van der Waals surface area contributed by atoms with Crippen molar-refractivity contribution in [1.29, 1.82) is 0 Å². The quantitative estimate of drug-likeness (QED) is 0.580. The smallest absolute Gasteiger partial charge is 0.330 e. The molecule has 1 N–H and O–H groups in total. The molecule has 1 aliphatic rings. The van der Waals surface area contributed by atoms with Gasteiger partial charge in [0.2, 0.25) is 0 Å². The van der Waals surface area contributed by atoms with Crippen molar-refractivity contribution in [2.45, 2.75) is 38.1 Å². The molecule has 0 aromatic carbocycles. The second-order valence-corrected chi connectivity index (χ2v) is 4.41. The zero-order chi connectivity index (χ0) is 14.3. The second kappa shape index (κ2) is 8.09. The van der Waals surface area contributed by atoms with Crippen LogP contribution in [0.15, 0.2) is 23.8 Å². The Morgan fingerprint density at radius 1 is 1.47 bits per heavy atom. The average molecular weight is 270 g/mol. The largest absolute Gasteiger partial charge is 0.463 e. The molecule has 3 atom stereocenters. The van der Waals surface area contributed by atoms with Gasteiger partial charge in [0.25, 0.3) is 0 Å². The maximum absolute atomic E-state index is 11.4. The highest BCUT2D eigenvalue weighted by Crippen LogP contribution is 2.24. The summed E-state index contributed by atoms with van der Waals surface area (Å²) in [5, 5.41) is 9.93. The topological polar surface area (TPSA) is 65.0 Å². The number of hydrogen-bond donors (Lipinski definition) is 1. The minimum Gasteiger partial charge on any atom is -0.463 e. The molecule has 108 valence electrons. The van der Waals surface area contributed by atoms with Gasteiger partial charge in [0.05, 0.1) is 12.7 Å². The maximum Gasteiger partial charge on any atom is 0.330 e. The first-order chi connectivity index (χ1) is 9.12. The van der Waals surface area contributed by atoms with Crippen molar-refractivity contribution in [3.8, 4) is 0 Å². The van der Waals surface area contributed by atoms with Gasteiger partial charge >= 0.3 is 5.97 Å². The summed E-state index contributed by atoms with van der Waals surface area (Å²) in [4.78, 5) is 11.4. The van der Waals surface area contributed by atoms with E-state index in [1.54, 1.807) is 19.3 Å². The Kier molecular flexibility index (Phi) is 6.77. The Bertz CT molecular complexity index is 348. The van der Waals surface area contributed by atoms with Crippen LogP contribution < -0.4 is 0 Å². The van der Waals surface area contributed by atoms with E-state index in [9.17, 15) is 9.90 Å². The molecule has 0 amide bonds. The van der Waals surface area contributed by atoms with Crippen molar-refractivity contribution in [2.24, 2.45) is 0 Å². The van der Waals surface area contributed by atoms with Crippen molar-refractivity contribution in [3.63, 3.8) is 0 Å². The number of esters is 1. The molecule has 0 spiro atoms. The van der Waals surface area contributed by atoms with Crippen LogP contribution in [0, 0.1) is 0 Å². The third-order valence-corrected chi connectivity index (χ3v) is 2.99. The molecule has 0 fully saturated rings. The normalized spacial score (nSPS) is 27.4. The minimum atomic E-state index is -0.695. The third-order valence-electron chi connectivity index (χ3n) is 2.99. The highest BCUT2D eigenvalue weighted by atomic mass is 16.5. The molecule has 19 heavy (non-hydrogen) atoms. The van der Waals surface area contributed by atoms with Gasteiger partial charge in [-0.15, -0.1) is 0 Å². The lowest BCUT2D eigenvalue weighted by molar-refractivity contribution is -0.137. The first kappa shape index (κ1) is 15.9. The Labute approximate surface area is 113 Å². The van der Waals surface area contributed by atoms with Crippen molar-refractivity contribution in [3.05, 3.63) is 23.8 Å². The minimum absolute atomic E-state index is 0.332. The molecule has 5 heteroatoms. The van der Waals surface area contributed by atoms with Gasteiger partial charge in [0.1, 0.15) is 12.2 Å². The monoisotopic (exact) mass is 270 g/mol. The fraction of sp³-hybridized carbons (Fsp3) is 0.643. The van der Waals surface area contributed by atoms with E-state index < -0.39 is 12.2 Å². The molecule has 0 bridgehead atoms. The van der Waals surface area contributed by atoms with E-state index in [4.69, 9.17) is 14.2 Å². The molecular weight excluding hydrogens is 248 g/mol. The van der Waals surface area contributed by atoms with Crippen LogP contribution in [0.4, 0.5) is 0 Å². The molecule has 0 unspecified atom stereocenters. The van der Waals surface area contributed by atoms with Gasteiger partial charge in [0.15, 0.2) is 0 Å². The summed E-state index contributed by atoms with van der Waals surface area (Å²) in [5.74, 6) is -0.364. The van der Waals surface area contributed by atoms with Crippen LogP contribution in [-0.4, -0.2) is 50.2 Å². The van der Waals surface area contributed by atoms with Gasteiger partial charge < -0.3 is 19.3 Å². The van der Waals surface area contributed by atoms with Gasteiger partial charge in [0, 0.05) is 26.7 Å². The lowest BCUT2D eigenvalue weighted by atomic mass is 9.91. The average Bonchev–Trinajstić information content (AvgIpc) is 2.43. The summed E-state index contributed by atoms with van der Waals surface area (Å²) in [5.41, 5.74) is 0.887. The molecule has 0 radical (unpaired) electrons. The second-order valence-electron chi connectivity index (χ2n) is 4.41. The van der Waals surface area contributed by atoms with E-state index in [2.05, 4.69) is 0 Å². The van der Waals surface area contributed by atoms with Crippen LogP contribution in [0.25, 0.3) is 0 Å². The van der Waals surface area contributed by atoms with Gasteiger partial charge in [-0.3, -0.25) is 0 Å². The first-order valence-electron chi connectivity index (χ1n) is 6.41. The number of methoxy groups -OCH3 is 2. The Balaban J connectivity index is 2.66. The summed E-state index contributed by atoms with van der Waals surface area (Å²) in [6.45, 7) is 2.36. The number of ether oxygens (including phenoxy) is 3. The SMILES string of the molecule is CCCOC(=O)/C=C/C1=C[C@H](OC)[C@@H](O)[C@H](OC)C1. The summed E-state index contributed by atoms with van der Waals surface area (Å²) in [7, 11) is 3.07. The zero-order valence-corrected chi connectivity index (χ0v) is 11.7. The van der Waals surface area contributed by atoms with E-state index in [1.165, 1.54) is 13.2 Å². The molecule has 0 saturated heterocycles. The van der Waals surface area contributed by atoms with Crippen molar-refractivity contribution in [1.82, 2.24) is 0 Å². The van der Waals surface area contributed by atoms with Crippen LogP contribution in [0.1, 0.15) is 19.8 Å². The van der Waals surface area contributed by atoms with Crippen molar-refractivity contribution in [2.75, 3.05) is 20.8 Å². The van der Waals surface area contributed by atoms with E-state index in [1.807, 2.05) is 6.92 Å². The summed E-state index contributed by atoms with van der Waals surface area (Å²) in [6, 6.07) is 0. The van der Waals surface area contributed by atoms with E-state index in [0.29, 0.717) is 13.0 Å². The molecule has 0 aromatic rings. The summed E-state index contributed by atoms with van der Waals surface area (Å²) in [6.07, 6.45) is 4.75. The molecule has 5 nitrogen and oxygen atoms in total. The van der Waals surface area contributed by atoms with Crippen LogP contribution in [0.3, 0.4) is 0 Å². The number of carbonyl (C=O) groups is 1. The predicted molar refractivity (Wildman–Crippen MR) is 70.7 cm³/mol. The highest BCUT2D eigenvalue weighted by molar-refractivity contribution is 5.82. The molecular formula is C14H22O5. The van der Waals surface area contributed by atoms with Crippen LogP contribution >= 0.6 is 0 Å². The zero-order valence-electron chi connectivity index (χ0n) is 11.7. The maximum atomic E-state index is 11.4. The molecule has 0 heterocycles. The molecule has 0 aliphatic heterocycles. The first-order valence-corrected chi connectivity index (χ1v) is 6.41. The summed E-state index contributed by atoms with van der Waals surface area (Å²) < 4.78 is 15.3. The molecule has 0 saturated carbocycles. The number of allylic oxidation sites excluding steroid dienone is 1. The lowest BCUT2D eigenvalue weighted by Gasteiger charge is -2.31. The van der Waals surface area contributed by atoms with Gasteiger partial charge in [-0.05, 0) is 18.1 Å². The molecule has 0 aromatic heterocycles. The number of aliphatic hydroxyl groups excluding tert-OH is 1. The van der Waals surface area contributed by atoms with E-state index in [0.717, 1.165) is 12.0 Å². The molecule has 1 rings (SSSR count). The van der Waals surface area contributed by atoms with E-state index in [-0.39, 0.29) is 12.1 Å². The molecule has 1 aliphatic carbocycles. The van der Waals surface area contributed by atoms with E-state index >= 15 is 0 Å². The van der Waals surface area contributed by atoms with Crippen LogP contribution in [0.5, 0.6) is 0 Å². The van der Waals surface area contributed by atoms with Crippen LogP contribution in [0.2, 0.25) is 0 Å². The number of aliphatic hydroxyl groups is 1. The highest BCUT2D eigenvalue weighted by Gasteiger charge is 2.31. The Hall–Kier alpha value is -1.17. The fourth-order valence-electron chi connectivity index (χ4n) is 1.92. The predicted octanol–water partition coefficient (Wildman–Crippen LogP) is 1.22. The van der Waals surface area contributed by atoms with Gasteiger partial charge in [-0.1, -0.05) is 13.0 Å². The lowest BCUT2D eigenvalue weighted by Crippen LogP contribution is -2.41. The Morgan fingerprint density at radius 3 is 2.79 bits per heavy atom. The van der Waals surface area contributed by atoms with Crippen molar-refractivity contribution < 1.29 is 24.1 Å². The van der Waals surface area contributed by atoms with Crippen LogP contribution in [-0.2, 0) is 19.0 Å². The summed E-state index contributed by atoms with van der Waals surface area (Å²) >= 11 is 0. The number of hydrogen-bond acceptors (Lipinski definition) is 5. The number of rotatable bonds is 6. The van der Waals surface area contributed by atoms with Crippen molar-refractivity contribution >= 4 is 5.97 Å². The third kappa shape index (κ3) is 4.78. The standard InChI is InChI=1S/C14H22O5/c1-4-7-19-13(15)6-5-10-8-11(17-2)14(16)12(9-10)18-3/h5-6,8,11-12,14,16H,4,7,9H2,1-3H3/b6-5+/t11-,12+,14+/m0/s1. The Morgan fingerprint density at radius 2 is 2.21 bits per heavy atom. The number of carbonyl (C=O) groups excluding carboxylic acids is 1. The fourth-order valence-corrected chi connectivity index (χ4v) is 1.92. The van der Waals surface area contributed by atoms with Gasteiger partial charge in [-0.2, -0.15) is 0 Å².